The monoisotopic (exact) mass is 229 g/mol. The molecule has 1 N–H and O–H groups in total. The molecule has 0 unspecified atom stereocenters. The molecule has 0 bridgehead atoms. The number of hydrogen-bond donors (Lipinski definition) is 1. The molecule has 0 saturated carbocycles. The number of pyridine rings is 1. The van der Waals surface area contributed by atoms with Gasteiger partial charge in [0, 0.05) is 17.8 Å². The number of aliphatic carboxylic acids is 1. The van der Waals surface area contributed by atoms with Crippen LogP contribution in [0.3, 0.4) is 0 Å². The predicted octanol–water partition coefficient (Wildman–Crippen LogP) is 2.89. The Morgan fingerprint density at radius 2 is 2.06 bits per heavy atom. The molecule has 0 spiro atoms. The van der Waals surface area contributed by atoms with Crippen LogP contribution in [0.15, 0.2) is 36.7 Å². The van der Waals surface area contributed by atoms with E-state index in [1.54, 1.807) is 26.2 Å². The highest BCUT2D eigenvalue weighted by Gasteiger charge is 2.27. The SMILES string of the molecule is CC(C)(Cc1ccc2ccncc2c1)C(=O)O. The van der Waals surface area contributed by atoms with Crippen LogP contribution in [0.25, 0.3) is 10.8 Å². The van der Waals surface area contributed by atoms with Crippen LogP contribution in [0.4, 0.5) is 0 Å². The molecule has 3 nitrogen and oxygen atoms in total. The third kappa shape index (κ3) is 2.44. The minimum atomic E-state index is -0.774. The molecule has 2 aromatic rings. The van der Waals surface area contributed by atoms with Crippen LogP contribution in [-0.2, 0) is 11.2 Å². The van der Waals surface area contributed by atoms with Gasteiger partial charge in [-0.15, -0.1) is 0 Å². The molecular weight excluding hydrogens is 214 g/mol. The lowest BCUT2D eigenvalue weighted by atomic mass is 9.85. The summed E-state index contributed by atoms with van der Waals surface area (Å²) in [6, 6.07) is 7.94. The number of hydrogen-bond acceptors (Lipinski definition) is 2. The van der Waals surface area contributed by atoms with E-state index in [4.69, 9.17) is 5.11 Å². The molecule has 0 fully saturated rings. The number of carboxylic acid groups (broad SMARTS) is 1. The van der Waals surface area contributed by atoms with E-state index >= 15 is 0 Å². The second kappa shape index (κ2) is 4.17. The van der Waals surface area contributed by atoms with Crippen molar-refractivity contribution in [1.29, 1.82) is 0 Å². The Kier molecular flexibility index (Phi) is 2.84. The molecule has 17 heavy (non-hydrogen) atoms. The number of fused-ring (bicyclic) bond motifs is 1. The van der Waals surface area contributed by atoms with E-state index in [2.05, 4.69) is 4.98 Å². The molecule has 1 aromatic heterocycles. The fraction of sp³-hybridized carbons (Fsp3) is 0.286. The number of nitrogens with zero attached hydrogens (tertiary/aromatic N) is 1. The van der Waals surface area contributed by atoms with Crippen molar-refractivity contribution >= 4 is 16.7 Å². The topological polar surface area (TPSA) is 50.2 Å². The Balaban J connectivity index is 2.34. The minimum Gasteiger partial charge on any atom is -0.481 e. The number of benzene rings is 1. The smallest absolute Gasteiger partial charge is 0.309 e. The van der Waals surface area contributed by atoms with Crippen LogP contribution in [0, 0.1) is 5.41 Å². The first kappa shape index (κ1) is 11.6. The molecule has 2 rings (SSSR count). The average molecular weight is 229 g/mol. The highest BCUT2D eigenvalue weighted by atomic mass is 16.4. The summed E-state index contributed by atoms with van der Waals surface area (Å²) in [6.45, 7) is 3.48. The Labute approximate surface area is 100 Å². The second-order valence-corrected chi connectivity index (χ2v) is 4.92. The lowest BCUT2D eigenvalue weighted by Gasteiger charge is -2.19. The average Bonchev–Trinajstić information content (AvgIpc) is 2.28. The van der Waals surface area contributed by atoms with Gasteiger partial charge in [0.25, 0.3) is 0 Å². The molecule has 1 aromatic carbocycles. The van der Waals surface area contributed by atoms with Crippen molar-refractivity contribution in [3.05, 3.63) is 42.2 Å². The first-order valence-electron chi connectivity index (χ1n) is 5.55. The van der Waals surface area contributed by atoms with Crippen molar-refractivity contribution in [1.82, 2.24) is 4.98 Å². The Bertz CT molecular complexity index is 561. The summed E-state index contributed by atoms with van der Waals surface area (Å²) in [5, 5.41) is 11.3. The van der Waals surface area contributed by atoms with Crippen LogP contribution in [-0.4, -0.2) is 16.1 Å². The predicted molar refractivity (Wildman–Crippen MR) is 66.9 cm³/mol. The van der Waals surface area contributed by atoms with Crippen molar-refractivity contribution in [3.63, 3.8) is 0 Å². The van der Waals surface area contributed by atoms with Gasteiger partial charge < -0.3 is 5.11 Å². The van der Waals surface area contributed by atoms with E-state index in [1.165, 1.54) is 0 Å². The normalized spacial score (nSPS) is 11.6. The van der Waals surface area contributed by atoms with Crippen LogP contribution in [0.1, 0.15) is 19.4 Å². The summed E-state index contributed by atoms with van der Waals surface area (Å²) < 4.78 is 0. The molecule has 3 heteroatoms. The van der Waals surface area contributed by atoms with E-state index in [0.29, 0.717) is 6.42 Å². The molecule has 0 radical (unpaired) electrons. The zero-order valence-electron chi connectivity index (χ0n) is 9.97. The highest BCUT2D eigenvalue weighted by molar-refractivity contribution is 5.82. The van der Waals surface area contributed by atoms with E-state index in [-0.39, 0.29) is 0 Å². The van der Waals surface area contributed by atoms with Gasteiger partial charge in [-0.05, 0) is 43.4 Å². The summed E-state index contributed by atoms with van der Waals surface area (Å²) in [7, 11) is 0. The van der Waals surface area contributed by atoms with Crippen molar-refractivity contribution in [2.24, 2.45) is 5.41 Å². The van der Waals surface area contributed by atoms with Crippen LogP contribution < -0.4 is 0 Å². The second-order valence-electron chi connectivity index (χ2n) is 4.92. The lowest BCUT2D eigenvalue weighted by molar-refractivity contribution is -0.146. The van der Waals surface area contributed by atoms with Crippen molar-refractivity contribution in [2.45, 2.75) is 20.3 Å². The number of aromatic nitrogens is 1. The van der Waals surface area contributed by atoms with Gasteiger partial charge in [-0.2, -0.15) is 0 Å². The molecule has 0 atom stereocenters. The summed E-state index contributed by atoms with van der Waals surface area (Å²) in [5.41, 5.74) is 0.286. The molecular formula is C14H15NO2. The van der Waals surface area contributed by atoms with Crippen LogP contribution in [0.5, 0.6) is 0 Å². The third-order valence-corrected chi connectivity index (χ3v) is 2.93. The van der Waals surface area contributed by atoms with Gasteiger partial charge in [0.1, 0.15) is 0 Å². The summed E-state index contributed by atoms with van der Waals surface area (Å²) in [5.74, 6) is -0.774. The zero-order valence-corrected chi connectivity index (χ0v) is 9.97. The summed E-state index contributed by atoms with van der Waals surface area (Å²) >= 11 is 0. The van der Waals surface area contributed by atoms with E-state index < -0.39 is 11.4 Å². The van der Waals surface area contributed by atoms with Crippen molar-refractivity contribution in [3.8, 4) is 0 Å². The molecule has 0 saturated heterocycles. The highest BCUT2D eigenvalue weighted by Crippen LogP contribution is 2.24. The lowest BCUT2D eigenvalue weighted by Crippen LogP contribution is -2.26. The summed E-state index contributed by atoms with van der Waals surface area (Å²) in [6.07, 6.45) is 4.07. The largest absolute Gasteiger partial charge is 0.481 e. The molecule has 88 valence electrons. The number of rotatable bonds is 3. The fourth-order valence-corrected chi connectivity index (χ4v) is 1.83. The van der Waals surface area contributed by atoms with E-state index in [1.807, 2.05) is 24.3 Å². The zero-order chi connectivity index (χ0) is 12.5. The molecule has 1 heterocycles. The first-order valence-corrected chi connectivity index (χ1v) is 5.55. The van der Waals surface area contributed by atoms with Gasteiger partial charge in [-0.1, -0.05) is 12.1 Å². The molecule has 0 aliphatic heterocycles. The Morgan fingerprint density at radius 3 is 2.76 bits per heavy atom. The van der Waals surface area contributed by atoms with Crippen molar-refractivity contribution < 1.29 is 9.90 Å². The molecule has 0 aliphatic rings. The van der Waals surface area contributed by atoms with Crippen molar-refractivity contribution in [2.75, 3.05) is 0 Å². The summed E-state index contributed by atoms with van der Waals surface area (Å²) in [4.78, 5) is 15.1. The molecule has 0 amide bonds. The van der Waals surface area contributed by atoms with Crippen LogP contribution in [0.2, 0.25) is 0 Å². The first-order chi connectivity index (χ1) is 7.99. The van der Waals surface area contributed by atoms with Gasteiger partial charge in [0.05, 0.1) is 5.41 Å². The van der Waals surface area contributed by atoms with Gasteiger partial charge in [-0.3, -0.25) is 9.78 Å². The van der Waals surface area contributed by atoms with E-state index in [9.17, 15) is 4.79 Å². The van der Waals surface area contributed by atoms with Gasteiger partial charge in [0.2, 0.25) is 0 Å². The van der Waals surface area contributed by atoms with Gasteiger partial charge in [0.15, 0.2) is 0 Å². The minimum absolute atomic E-state index is 0.521. The maximum atomic E-state index is 11.1. The molecule has 0 aliphatic carbocycles. The Morgan fingerprint density at radius 1 is 1.29 bits per heavy atom. The maximum Gasteiger partial charge on any atom is 0.309 e. The van der Waals surface area contributed by atoms with Crippen LogP contribution >= 0.6 is 0 Å². The standard InChI is InChI=1S/C14H15NO2/c1-14(2,13(16)17)8-10-3-4-11-5-6-15-9-12(11)7-10/h3-7,9H,8H2,1-2H3,(H,16,17). The maximum absolute atomic E-state index is 11.1. The quantitative estimate of drug-likeness (QED) is 0.880. The fourth-order valence-electron chi connectivity index (χ4n) is 1.83. The number of carboxylic acids is 1. The van der Waals surface area contributed by atoms with Gasteiger partial charge in [-0.25, -0.2) is 0 Å². The number of carbonyl (C=O) groups is 1. The Hall–Kier alpha value is -1.90. The van der Waals surface area contributed by atoms with E-state index in [0.717, 1.165) is 16.3 Å². The van der Waals surface area contributed by atoms with Gasteiger partial charge >= 0.3 is 5.97 Å². The third-order valence-electron chi connectivity index (χ3n) is 2.93.